The van der Waals surface area contributed by atoms with E-state index < -0.39 is 11.7 Å². The van der Waals surface area contributed by atoms with Gasteiger partial charge in [-0.1, -0.05) is 0 Å². The summed E-state index contributed by atoms with van der Waals surface area (Å²) < 4.78 is 51.1. The summed E-state index contributed by atoms with van der Waals surface area (Å²) in [7, 11) is 1.59. The van der Waals surface area contributed by atoms with Crippen molar-refractivity contribution in [2.24, 2.45) is 4.99 Å². The quantitative estimate of drug-likeness (QED) is 0.658. The van der Waals surface area contributed by atoms with Crippen LogP contribution in [0.1, 0.15) is 36.8 Å². The van der Waals surface area contributed by atoms with E-state index in [1.54, 1.807) is 19.3 Å². The van der Waals surface area contributed by atoms with E-state index in [0.717, 1.165) is 37.7 Å². The monoisotopic (exact) mass is 397 g/mol. The second-order valence-corrected chi connectivity index (χ2v) is 6.87. The van der Waals surface area contributed by atoms with Crippen molar-refractivity contribution in [1.29, 1.82) is 0 Å². The Hall–Kier alpha value is -2.06. The fraction of sp³-hybridized carbons (Fsp3) is 0.550. The van der Waals surface area contributed by atoms with Crippen LogP contribution in [0.3, 0.4) is 0 Å². The van der Waals surface area contributed by atoms with Crippen molar-refractivity contribution in [2.75, 3.05) is 33.4 Å². The number of rotatable bonds is 8. The van der Waals surface area contributed by atoms with E-state index in [4.69, 9.17) is 9.47 Å². The Labute approximate surface area is 163 Å². The number of benzene rings is 1. The molecule has 0 amide bonds. The molecule has 1 saturated heterocycles. The second kappa shape index (κ2) is 9.43. The van der Waals surface area contributed by atoms with Gasteiger partial charge >= 0.3 is 6.18 Å². The molecule has 1 aromatic carbocycles. The fourth-order valence-corrected chi connectivity index (χ4v) is 3.34. The number of methoxy groups -OCH3 is 1. The van der Waals surface area contributed by atoms with Crippen molar-refractivity contribution in [3.8, 4) is 5.75 Å². The highest BCUT2D eigenvalue weighted by molar-refractivity contribution is 5.96. The molecule has 1 atom stereocenters. The highest BCUT2D eigenvalue weighted by Gasteiger charge is 2.35. The summed E-state index contributed by atoms with van der Waals surface area (Å²) >= 11 is 0. The summed E-state index contributed by atoms with van der Waals surface area (Å²) in [5, 5.41) is 6.55. The van der Waals surface area contributed by atoms with Gasteiger partial charge in [-0.2, -0.15) is 13.2 Å². The standard InChI is InChI=1S/C20H26F3N3O2/c1-27-11-2-3-12-28-18-7-6-14(13-15(18)20(21,22)23)16-8-10-25-19(26-16)17-5-4-9-24-17/h6-8,13,17,24H,2-5,9-12H2,1H3,(H,25,26). The Balaban J connectivity index is 1.72. The van der Waals surface area contributed by atoms with Crippen molar-refractivity contribution < 1.29 is 22.6 Å². The van der Waals surface area contributed by atoms with Crippen molar-refractivity contribution >= 4 is 11.5 Å². The Kier molecular flexibility index (Phi) is 6.96. The zero-order chi connectivity index (χ0) is 20.0. The highest BCUT2D eigenvalue weighted by Crippen LogP contribution is 2.38. The third-order valence-corrected chi connectivity index (χ3v) is 4.81. The van der Waals surface area contributed by atoms with Crippen LogP contribution in [0.25, 0.3) is 5.70 Å². The average molecular weight is 397 g/mol. The Morgan fingerprint density at radius 1 is 1.21 bits per heavy atom. The van der Waals surface area contributed by atoms with Crippen LogP contribution in [0.2, 0.25) is 0 Å². The van der Waals surface area contributed by atoms with E-state index in [2.05, 4.69) is 15.6 Å². The summed E-state index contributed by atoms with van der Waals surface area (Å²) in [6, 6.07) is 4.34. The van der Waals surface area contributed by atoms with E-state index in [1.807, 2.05) is 0 Å². The molecule has 2 aliphatic rings. The number of alkyl halides is 3. The molecular weight excluding hydrogens is 371 g/mol. The first-order valence-electron chi connectivity index (χ1n) is 9.57. The van der Waals surface area contributed by atoms with E-state index in [0.29, 0.717) is 30.8 Å². The number of amidine groups is 1. The number of hydrogen-bond acceptors (Lipinski definition) is 5. The van der Waals surface area contributed by atoms with Gasteiger partial charge in [-0.3, -0.25) is 4.99 Å². The normalized spacial score (nSPS) is 19.8. The van der Waals surface area contributed by atoms with Crippen LogP contribution in [-0.4, -0.2) is 45.3 Å². The van der Waals surface area contributed by atoms with Gasteiger partial charge in [-0.05, 0) is 62.1 Å². The lowest BCUT2D eigenvalue weighted by Gasteiger charge is -2.23. The van der Waals surface area contributed by atoms with Gasteiger partial charge in [0, 0.05) is 19.4 Å². The number of hydrogen-bond donors (Lipinski definition) is 2. The van der Waals surface area contributed by atoms with Gasteiger partial charge in [0.2, 0.25) is 0 Å². The van der Waals surface area contributed by atoms with Crippen molar-refractivity contribution in [1.82, 2.24) is 10.6 Å². The van der Waals surface area contributed by atoms with Crippen LogP contribution in [-0.2, 0) is 10.9 Å². The van der Waals surface area contributed by atoms with E-state index in [-0.39, 0.29) is 18.4 Å². The van der Waals surface area contributed by atoms with Gasteiger partial charge in [-0.25, -0.2) is 0 Å². The molecule has 0 spiro atoms. The van der Waals surface area contributed by atoms with Gasteiger partial charge in [-0.15, -0.1) is 0 Å². The SMILES string of the molecule is COCCCCOc1ccc(C2=CCN=C(C3CCCN3)N2)cc1C(F)(F)F. The molecule has 28 heavy (non-hydrogen) atoms. The number of nitrogens with zero attached hydrogens (tertiary/aromatic N) is 1. The minimum absolute atomic E-state index is 0.139. The summed E-state index contributed by atoms with van der Waals surface area (Å²) in [6.07, 6.45) is 0.732. The maximum atomic E-state index is 13.6. The number of nitrogens with one attached hydrogen (secondary N) is 2. The Morgan fingerprint density at radius 2 is 2.04 bits per heavy atom. The molecule has 0 bridgehead atoms. The minimum atomic E-state index is -4.49. The topological polar surface area (TPSA) is 54.9 Å². The summed E-state index contributed by atoms with van der Waals surface area (Å²) in [5.74, 6) is 0.651. The average Bonchev–Trinajstić information content (AvgIpc) is 3.22. The fourth-order valence-electron chi connectivity index (χ4n) is 3.34. The Bertz CT molecular complexity index is 726. The number of ether oxygens (including phenoxy) is 2. The van der Waals surface area contributed by atoms with Crippen LogP contribution >= 0.6 is 0 Å². The molecule has 0 radical (unpaired) electrons. The maximum Gasteiger partial charge on any atom is 0.419 e. The second-order valence-electron chi connectivity index (χ2n) is 6.87. The number of aliphatic imine (C=N–C) groups is 1. The first-order valence-corrected chi connectivity index (χ1v) is 9.57. The van der Waals surface area contributed by atoms with Crippen LogP contribution in [0.4, 0.5) is 13.2 Å². The molecule has 2 aliphatic heterocycles. The molecule has 3 rings (SSSR count). The minimum Gasteiger partial charge on any atom is -0.493 e. The van der Waals surface area contributed by atoms with Crippen LogP contribution in [0.15, 0.2) is 29.3 Å². The summed E-state index contributed by atoms with van der Waals surface area (Å²) in [5.41, 5.74) is 0.364. The molecule has 2 heterocycles. The Morgan fingerprint density at radius 3 is 2.75 bits per heavy atom. The molecule has 5 nitrogen and oxygen atoms in total. The first-order chi connectivity index (χ1) is 13.5. The van der Waals surface area contributed by atoms with Gasteiger partial charge in [0.25, 0.3) is 0 Å². The van der Waals surface area contributed by atoms with Crippen LogP contribution in [0, 0.1) is 0 Å². The molecule has 1 unspecified atom stereocenters. The molecule has 0 aromatic heterocycles. The number of halogens is 3. The molecular formula is C20H26F3N3O2. The largest absolute Gasteiger partial charge is 0.493 e. The highest BCUT2D eigenvalue weighted by atomic mass is 19.4. The third-order valence-electron chi connectivity index (χ3n) is 4.81. The van der Waals surface area contributed by atoms with Crippen LogP contribution in [0.5, 0.6) is 5.75 Å². The summed E-state index contributed by atoms with van der Waals surface area (Å²) in [6.45, 7) is 2.17. The lowest BCUT2D eigenvalue weighted by atomic mass is 10.0. The van der Waals surface area contributed by atoms with Gasteiger partial charge in [0.15, 0.2) is 0 Å². The molecule has 1 fully saturated rings. The molecule has 1 aromatic rings. The lowest BCUT2D eigenvalue weighted by molar-refractivity contribution is -0.139. The van der Waals surface area contributed by atoms with Crippen LogP contribution < -0.4 is 15.4 Å². The van der Waals surface area contributed by atoms with Gasteiger partial charge < -0.3 is 20.1 Å². The zero-order valence-electron chi connectivity index (χ0n) is 15.9. The first kappa shape index (κ1) is 20.7. The van der Waals surface area contributed by atoms with Crippen molar-refractivity contribution in [3.63, 3.8) is 0 Å². The lowest BCUT2D eigenvalue weighted by Crippen LogP contribution is -2.41. The van der Waals surface area contributed by atoms with Gasteiger partial charge in [0.1, 0.15) is 11.6 Å². The van der Waals surface area contributed by atoms with Crippen molar-refractivity contribution in [2.45, 2.75) is 37.9 Å². The van der Waals surface area contributed by atoms with E-state index in [1.165, 1.54) is 6.07 Å². The molecule has 8 heteroatoms. The zero-order valence-corrected chi connectivity index (χ0v) is 15.9. The smallest absolute Gasteiger partial charge is 0.419 e. The van der Waals surface area contributed by atoms with Crippen molar-refractivity contribution in [3.05, 3.63) is 35.4 Å². The summed E-state index contributed by atoms with van der Waals surface area (Å²) in [4.78, 5) is 4.45. The molecule has 154 valence electrons. The molecule has 0 aliphatic carbocycles. The van der Waals surface area contributed by atoms with E-state index >= 15 is 0 Å². The third kappa shape index (κ3) is 5.26. The van der Waals surface area contributed by atoms with E-state index in [9.17, 15) is 13.2 Å². The maximum absolute atomic E-state index is 13.6. The predicted molar refractivity (Wildman–Crippen MR) is 102 cm³/mol. The van der Waals surface area contributed by atoms with Gasteiger partial charge in [0.05, 0.1) is 24.8 Å². The number of unbranched alkanes of at least 4 members (excludes halogenated alkanes) is 1. The molecule has 0 saturated carbocycles. The predicted octanol–water partition coefficient (Wildman–Crippen LogP) is 3.61. The molecule has 2 N–H and O–H groups in total.